The minimum Gasteiger partial charge on any atom is -0.495 e. The normalized spacial score (nSPS) is 16.6. The number of nitrogens with zero attached hydrogens (tertiary/aromatic N) is 1. The Morgan fingerprint density at radius 2 is 2.00 bits per heavy atom. The van der Waals surface area contributed by atoms with Crippen molar-refractivity contribution < 1.29 is 22.7 Å². The van der Waals surface area contributed by atoms with Crippen LogP contribution in [0.4, 0.5) is 17.1 Å². The lowest BCUT2D eigenvalue weighted by Crippen LogP contribution is -2.33. The van der Waals surface area contributed by atoms with E-state index >= 15 is 0 Å². The fourth-order valence-corrected chi connectivity index (χ4v) is 4.06. The Hall–Kier alpha value is -2.59. The predicted molar refractivity (Wildman–Crippen MR) is 115 cm³/mol. The number of amides is 2. The Kier molecular flexibility index (Phi) is 6.13. The first-order valence-corrected chi connectivity index (χ1v) is 11.4. The van der Waals surface area contributed by atoms with Crippen molar-refractivity contribution in [1.29, 1.82) is 0 Å². The summed E-state index contributed by atoms with van der Waals surface area (Å²) in [5.41, 5.74) is 1.28. The standard InChI is InChI=1S/C19H20BrN3O5S/c1-28-17-7-6-13(11-16(17)22-29(2,26)27)21-18(24)15-8-9-23(19(15)25)14-5-3-4-12(20)10-14/h3-7,10-11,15,22H,8-9H2,1-2H3,(H,21,24). The summed E-state index contributed by atoms with van der Waals surface area (Å²) in [7, 11) is -2.12. The van der Waals surface area contributed by atoms with E-state index in [0.717, 1.165) is 16.4 Å². The number of benzene rings is 2. The summed E-state index contributed by atoms with van der Waals surface area (Å²) >= 11 is 3.38. The van der Waals surface area contributed by atoms with Crippen LogP contribution in [-0.2, 0) is 19.6 Å². The van der Waals surface area contributed by atoms with Crippen molar-refractivity contribution in [1.82, 2.24) is 0 Å². The van der Waals surface area contributed by atoms with Gasteiger partial charge in [-0.1, -0.05) is 22.0 Å². The number of hydrogen-bond acceptors (Lipinski definition) is 5. The second kappa shape index (κ2) is 8.42. The number of anilines is 3. The molecule has 0 aliphatic carbocycles. The van der Waals surface area contributed by atoms with E-state index in [0.29, 0.717) is 24.4 Å². The first-order valence-electron chi connectivity index (χ1n) is 8.71. The maximum absolute atomic E-state index is 12.7. The first-order chi connectivity index (χ1) is 13.7. The number of carbonyl (C=O) groups is 2. The lowest BCUT2D eigenvalue weighted by Gasteiger charge is -2.17. The summed E-state index contributed by atoms with van der Waals surface area (Å²) in [5, 5.41) is 2.69. The molecule has 2 N–H and O–H groups in total. The highest BCUT2D eigenvalue weighted by Crippen LogP contribution is 2.31. The van der Waals surface area contributed by atoms with E-state index in [2.05, 4.69) is 26.0 Å². The summed E-state index contributed by atoms with van der Waals surface area (Å²) in [6.45, 7) is 0.441. The number of rotatable bonds is 6. The molecule has 1 aliphatic heterocycles. The molecule has 1 atom stereocenters. The van der Waals surface area contributed by atoms with Crippen LogP contribution in [0.5, 0.6) is 5.75 Å². The zero-order valence-electron chi connectivity index (χ0n) is 15.8. The molecule has 0 spiro atoms. The van der Waals surface area contributed by atoms with Crippen LogP contribution in [0.2, 0.25) is 0 Å². The average molecular weight is 482 g/mol. The van der Waals surface area contributed by atoms with Gasteiger partial charge in [-0.05, 0) is 42.8 Å². The number of sulfonamides is 1. The van der Waals surface area contributed by atoms with Crippen molar-refractivity contribution in [3.8, 4) is 5.75 Å². The van der Waals surface area contributed by atoms with Gasteiger partial charge in [0.2, 0.25) is 21.8 Å². The maximum Gasteiger partial charge on any atom is 0.239 e. The summed E-state index contributed by atoms with van der Waals surface area (Å²) in [6, 6.07) is 11.9. The Bertz CT molecular complexity index is 1060. The highest BCUT2D eigenvalue weighted by atomic mass is 79.9. The van der Waals surface area contributed by atoms with Gasteiger partial charge < -0.3 is 15.0 Å². The van der Waals surface area contributed by atoms with Crippen LogP contribution in [-0.4, -0.2) is 40.1 Å². The van der Waals surface area contributed by atoms with Crippen molar-refractivity contribution in [3.05, 3.63) is 46.9 Å². The smallest absolute Gasteiger partial charge is 0.239 e. The molecule has 1 saturated heterocycles. The van der Waals surface area contributed by atoms with E-state index in [1.165, 1.54) is 19.2 Å². The van der Waals surface area contributed by atoms with E-state index in [1.807, 2.05) is 24.3 Å². The molecule has 1 aliphatic rings. The number of ether oxygens (including phenoxy) is 1. The largest absolute Gasteiger partial charge is 0.495 e. The maximum atomic E-state index is 12.7. The van der Waals surface area contributed by atoms with Crippen LogP contribution in [0.15, 0.2) is 46.9 Å². The van der Waals surface area contributed by atoms with Gasteiger partial charge in [-0.3, -0.25) is 14.3 Å². The van der Waals surface area contributed by atoms with Crippen LogP contribution < -0.4 is 19.7 Å². The van der Waals surface area contributed by atoms with E-state index in [4.69, 9.17) is 4.74 Å². The van der Waals surface area contributed by atoms with Gasteiger partial charge in [0.05, 0.1) is 19.1 Å². The molecule has 29 heavy (non-hydrogen) atoms. The minimum absolute atomic E-state index is 0.196. The molecule has 0 aromatic heterocycles. The quantitative estimate of drug-likeness (QED) is 0.617. The molecule has 3 rings (SSSR count). The Balaban J connectivity index is 1.75. The van der Waals surface area contributed by atoms with Crippen molar-refractivity contribution in [2.75, 3.05) is 34.8 Å². The lowest BCUT2D eigenvalue weighted by atomic mass is 10.1. The third-order valence-electron chi connectivity index (χ3n) is 4.40. The van der Waals surface area contributed by atoms with E-state index in [1.54, 1.807) is 11.0 Å². The Morgan fingerprint density at radius 3 is 2.66 bits per heavy atom. The van der Waals surface area contributed by atoms with Gasteiger partial charge >= 0.3 is 0 Å². The third kappa shape index (κ3) is 5.07. The second-order valence-corrected chi connectivity index (χ2v) is 9.25. The van der Waals surface area contributed by atoms with Gasteiger partial charge in [0.1, 0.15) is 11.7 Å². The molecule has 1 unspecified atom stereocenters. The Morgan fingerprint density at radius 1 is 1.24 bits per heavy atom. The number of halogens is 1. The molecule has 8 nitrogen and oxygen atoms in total. The van der Waals surface area contributed by atoms with Crippen molar-refractivity contribution >= 4 is 54.8 Å². The van der Waals surface area contributed by atoms with Crippen LogP contribution in [0, 0.1) is 5.92 Å². The average Bonchev–Trinajstić information content (AvgIpc) is 3.02. The minimum atomic E-state index is -3.53. The van der Waals surface area contributed by atoms with E-state index in [9.17, 15) is 18.0 Å². The van der Waals surface area contributed by atoms with Crippen LogP contribution >= 0.6 is 15.9 Å². The molecule has 2 aromatic rings. The van der Waals surface area contributed by atoms with E-state index in [-0.39, 0.29) is 11.6 Å². The van der Waals surface area contributed by atoms with Crippen LogP contribution in [0.3, 0.4) is 0 Å². The van der Waals surface area contributed by atoms with Gasteiger partial charge in [-0.2, -0.15) is 0 Å². The summed E-state index contributed by atoms with van der Waals surface area (Å²) in [6.07, 6.45) is 1.41. The van der Waals surface area contributed by atoms with Gasteiger partial charge in [0.15, 0.2) is 0 Å². The molecule has 1 fully saturated rings. The van der Waals surface area contributed by atoms with Gasteiger partial charge in [-0.25, -0.2) is 8.42 Å². The SMILES string of the molecule is COc1ccc(NC(=O)C2CCN(c3cccc(Br)c3)C2=O)cc1NS(C)(=O)=O. The molecule has 2 aromatic carbocycles. The van der Waals surface area contributed by atoms with Gasteiger partial charge in [0.25, 0.3) is 0 Å². The number of carbonyl (C=O) groups excluding carboxylic acids is 2. The Labute approximate surface area is 177 Å². The van der Waals surface area contributed by atoms with Gasteiger partial charge in [-0.15, -0.1) is 0 Å². The molecule has 0 bridgehead atoms. The molecule has 1 heterocycles. The van der Waals surface area contributed by atoms with Crippen molar-refractivity contribution in [2.45, 2.75) is 6.42 Å². The summed E-state index contributed by atoms with van der Waals surface area (Å²) < 4.78 is 31.4. The molecule has 154 valence electrons. The number of methoxy groups -OCH3 is 1. The van der Waals surface area contributed by atoms with Crippen molar-refractivity contribution in [3.63, 3.8) is 0 Å². The zero-order valence-corrected chi connectivity index (χ0v) is 18.2. The number of nitrogens with one attached hydrogen (secondary N) is 2. The summed E-state index contributed by atoms with van der Waals surface area (Å²) in [5.74, 6) is -1.22. The topological polar surface area (TPSA) is 105 Å². The third-order valence-corrected chi connectivity index (χ3v) is 5.49. The fraction of sp³-hybridized carbons (Fsp3) is 0.263. The molecular formula is C19H20BrN3O5S. The fourth-order valence-electron chi connectivity index (χ4n) is 3.12. The van der Waals surface area contributed by atoms with Crippen LogP contribution in [0.25, 0.3) is 0 Å². The molecular weight excluding hydrogens is 462 g/mol. The molecule has 10 heteroatoms. The van der Waals surface area contributed by atoms with Gasteiger partial charge in [0, 0.05) is 22.4 Å². The second-order valence-electron chi connectivity index (χ2n) is 6.59. The summed E-state index contributed by atoms with van der Waals surface area (Å²) in [4.78, 5) is 27.0. The first kappa shape index (κ1) is 21.1. The van der Waals surface area contributed by atoms with Crippen LogP contribution in [0.1, 0.15) is 6.42 Å². The highest BCUT2D eigenvalue weighted by Gasteiger charge is 2.37. The van der Waals surface area contributed by atoms with Crippen molar-refractivity contribution in [2.24, 2.45) is 5.92 Å². The molecule has 2 amide bonds. The molecule has 0 saturated carbocycles. The van der Waals surface area contributed by atoms with E-state index < -0.39 is 21.8 Å². The number of hydrogen-bond donors (Lipinski definition) is 2. The zero-order chi connectivity index (χ0) is 21.2. The highest BCUT2D eigenvalue weighted by molar-refractivity contribution is 9.10. The monoisotopic (exact) mass is 481 g/mol. The predicted octanol–water partition coefficient (Wildman–Crippen LogP) is 2.82. The molecule has 0 radical (unpaired) electrons. The lowest BCUT2D eigenvalue weighted by molar-refractivity contribution is -0.129.